The first-order valence-corrected chi connectivity index (χ1v) is 9.59. The quantitative estimate of drug-likeness (QED) is 0.537. The second kappa shape index (κ2) is 10.5. The summed E-state index contributed by atoms with van der Waals surface area (Å²) in [6, 6.07) is -0.551. The maximum atomic E-state index is 12.6. The Morgan fingerprint density at radius 1 is 0.958 bits per heavy atom. The van der Waals surface area contributed by atoms with Gasteiger partial charge in [0.25, 0.3) is 5.91 Å². The summed E-state index contributed by atoms with van der Waals surface area (Å²) in [7, 11) is 0. The second-order valence-electron chi connectivity index (χ2n) is 7.09. The van der Waals surface area contributed by atoms with Gasteiger partial charge in [-0.25, -0.2) is 0 Å². The van der Waals surface area contributed by atoms with Crippen molar-refractivity contribution in [2.24, 2.45) is 11.8 Å². The molecule has 1 fully saturated rings. The molecule has 2 amide bonds. The summed E-state index contributed by atoms with van der Waals surface area (Å²) in [5.74, 6) is -0.969. The minimum Gasteiger partial charge on any atom is -0.347 e. The van der Waals surface area contributed by atoms with E-state index < -0.39 is 17.7 Å². The zero-order chi connectivity index (χ0) is 18.1. The number of amides is 2. The molecule has 0 saturated heterocycles. The van der Waals surface area contributed by atoms with Crippen molar-refractivity contribution in [3.8, 4) is 0 Å². The van der Waals surface area contributed by atoms with Crippen LogP contribution in [0.1, 0.15) is 79.1 Å². The fourth-order valence-electron chi connectivity index (χ4n) is 3.10. The van der Waals surface area contributed by atoms with Crippen LogP contribution in [0.4, 0.5) is 0 Å². The van der Waals surface area contributed by atoms with Crippen molar-refractivity contribution in [2.45, 2.75) is 91.1 Å². The van der Waals surface area contributed by atoms with Gasteiger partial charge < -0.3 is 10.6 Å². The number of ketones is 1. The van der Waals surface area contributed by atoms with Crippen LogP contribution in [0.3, 0.4) is 0 Å². The molecule has 0 aliphatic heterocycles. The first-order valence-electron chi connectivity index (χ1n) is 9.59. The van der Waals surface area contributed by atoms with Gasteiger partial charge in [0.05, 0.1) is 6.04 Å². The lowest BCUT2D eigenvalue weighted by Crippen LogP contribution is -2.49. The molecule has 1 aliphatic rings. The van der Waals surface area contributed by atoms with E-state index in [4.69, 9.17) is 0 Å². The molecule has 1 unspecified atom stereocenters. The van der Waals surface area contributed by atoms with Gasteiger partial charge in [0.1, 0.15) is 0 Å². The van der Waals surface area contributed by atoms with Gasteiger partial charge in [-0.3, -0.25) is 14.4 Å². The number of hydrogen-bond acceptors (Lipinski definition) is 3. The van der Waals surface area contributed by atoms with E-state index in [2.05, 4.69) is 24.5 Å². The van der Waals surface area contributed by atoms with Crippen molar-refractivity contribution in [3.05, 3.63) is 0 Å². The lowest BCUT2D eigenvalue weighted by molar-refractivity contribution is -0.140. The molecule has 0 radical (unpaired) electrons. The van der Waals surface area contributed by atoms with Crippen molar-refractivity contribution in [1.82, 2.24) is 10.6 Å². The topological polar surface area (TPSA) is 75.3 Å². The first kappa shape index (κ1) is 20.7. The van der Waals surface area contributed by atoms with E-state index in [0.29, 0.717) is 12.3 Å². The average molecular weight is 338 g/mol. The molecule has 1 saturated carbocycles. The van der Waals surface area contributed by atoms with E-state index >= 15 is 0 Å². The minimum atomic E-state index is -0.701. The molecule has 0 aromatic rings. The Labute approximate surface area is 146 Å². The van der Waals surface area contributed by atoms with Gasteiger partial charge in [-0.1, -0.05) is 47.0 Å². The largest absolute Gasteiger partial charge is 0.347 e. The lowest BCUT2D eigenvalue weighted by Gasteiger charge is -2.25. The van der Waals surface area contributed by atoms with Crippen molar-refractivity contribution >= 4 is 17.6 Å². The van der Waals surface area contributed by atoms with Crippen molar-refractivity contribution in [1.29, 1.82) is 0 Å². The van der Waals surface area contributed by atoms with Gasteiger partial charge in [-0.15, -0.1) is 0 Å². The number of carbonyl (C=O) groups is 3. The highest BCUT2D eigenvalue weighted by molar-refractivity contribution is 6.38. The zero-order valence-electron chi connectivity index (χ0n) is 15.7. The summed E-state index contributed by atoms with van der Waals surface area (Å²) in [5.41, 5.74) is 0. The normalized spacial score (nSPS) is 16.5. The standard InChI is InChI=1S/C19H34N2O3/c1-5-8-14(9-6-2)13(4)18(23)21-16(10-7-3)17(22)19(24)20-15-11-12-15/h13-16H,5-12H2,1-4H3,(H,20,24)(H,21,23)/t13?,16-/m0/s1. The smallest absolute Gasteiger partial charge is 0.289 e. The van der Waals surface area contributed by atoms with E-state index in [1.807, 2.05) is 13.8 Å². The number of Topliss-reactive ketones (excluding diaryl/α,β-unsaturated/α-hetero) is 1. The SMILES string of the molecule is CCCC(CCC)C(C)C(=O)N[C@@H](CCC)C(=O)C(=O)NC1CC1. The number of rotatable bonds is 12. The Bertz CT molecular complexity index is 426. The van der Waals surface area contributed by atoms with Crippen molar-refractivity contribution in [2.75, 3.05) is 0 Å². The summed E-state index contributed by atoms with van der Waals surface area (Å²) in [6.07, 6.45) is 7.24. The fraction of sp³-hybridized carbons (Fsp3) is 0.842. The van der Waals surface area contributed by atoms with E-state index in [1.54, 1.807) is 0 Å². The average Bonchev–Trinajstić information content (AvgIpc) is 3.36. The number of carbonyl (C=O) groups excluding carboxylic acids is 3. The van der Waals surface area contributed by atoms with Crippen LogP contribution >= 0.6 is 0 Å². The molecular weight excluding hydrogens is 304 g/mol. The lowest BCUT2D eigenvalue weighted by atomic mass is 9.85. The molecule has 0 aromatic carbocycles. The van der Waals surface area contributed by atoms with Crippen LogP contribution in [0.25, 0.3) is 0 Å². The van der Waals surface area contributed by atoms with Crippen molar-refractivity contribution < 1.29 is 14.4 Å². The van der Waals surface area contributed by atoms with Crippen LogP contribution in [0.5, 0.6) is 0 Å². The zero-order valence-corrected chi connectivity index (χ0v) is 15.7. The van der Waals surface area contributed by atoms with Gasteiger partial charge >= 0.3 is 0 Å². The van der Waals surface area contributed by atoms with Crippen LogP contribution < -0.4 is 10.6 Å². The van der Waals surface area contributed by atoms with E-state index in [9.17, 15) is 14.4 Å². The van der Waals surface area contributed by atoms with Crippen LogP contribution in [0, 0.1) is 11.8 Å². The molecule has 24 heavy (non-hydrogen) atoms. The van der Waals surface area contributed by atoms with E-state index in [0.717, 1.165) is 44.9 Å². The predicted octanol–water partition coefficient (Wildman–Crippen LogP) is 2.97. The molecule has 1 rings (SSSR count). The predicted molar refractivity (Wildman–Crippen MR) is 95.5 cm³/mol. The highest BCUT2D eigenvalue weighted by atomic mass is 16.2. The maximum absolute atomic E-state index is 12.6. The molecule has 0 bridgehead atoms. The first-order chi connectivity index (χ1) is 11.4. The molecule has 2 atom stereocenters. The van der Waals surface area contributed by atoms with Gasteiger partial charge in [0.2, 0.25) is 11.7 Å². The Morgan fingerprint density at radius 3 is 1.96 bits per heavy atom. The molecule has 138 valence electrons. The molecule has 5 heteroatoms. The Kier molecular flexibility index (Phi) is 9.01. The summed E-state index contributed by atoms with van der Waals surface area (Å²) in [4.78, 5) is 36.9. The van der Waals surface area contributed by atoms with E-state index in [1.165, 1.54) is 0 Å². The highest BCUT2D eigenvalue weighted by Gasteiger charge is 2.32. The monoisotopic (exact) mass is 338 g/mol. The maximum Gasteiger partial charge on any atom is 0.289 e. The van der Waals surface area contributed by atoms with Crippen LogP contribution in [0.15, 0.2) is 0 Å². The van der Waals surface area contributed by atoms with Gasteiger partial charge in [-0.2, -0.15) is 0 Å². The van der Waals surface area contributed by atoms with Crippen molar-refractivity contribution in [3.63, 3.8) is 0 Å². The van der Waals surface area contributed by atoms with Crippen LogP contribution in [0.2, 0.25) is 0 Å². The second-order valence-corrected chi connectivity index (χ2v) is 7.09. The fourth-order valence-corrected chi connectivity index (χ4v) is 3.10. The molecule has 0 heterocycles. The van der Waals surface area contributed by atoms with E-state index in [-0.39, 0.29) is 17.9 Å². The Hall–Kier alpha value is -1.39. The number of nitrogens with one attached hydrogen (secondary N) is 2. The Morgan fingerprint density at radius 2 is 1.50 bits per heavy atom. The minimum absolute atomic E-state index is 0.104. The summed E-state index contributed by atoms with van der Waals surface area (Å²) >= 11 is 0. The third-order valence-corrected chi connectivity index (χ3v) is 4.79. The third kappa shape index (κ3) is 6.62. The van der Waals surface area contributed by atoms with Gasteiger partial charge in [0, 0.05) is 12.0 Å². The summed E-state index contributed by atoms with van der Waals surface area (Å²) in [6.45, 7) is 8.13. The molecule has 5 nitrogen and oxygen atoms in total. The van der Waals surface area contributed by atoms with Crippen LogP contribution in [-0.4, -0.2) is 29.7 Å². The summed E-state index contributed by atoms with van der Waals surface area (Å²) in [5, 5.41) is 5.56. The van der Waals surface area contributed by atoms with Gasteiger partial charge in [-0.05, 0) is 38.0 Å². The molecule has 2 N–H and O–H groups in total. The van der Waals surface area contributed by atoms with Crippen LogP contribution in [-0.2, 0) is 14.4 Å². The third-order valence-electron chi connectivity index (χ3n) is 4.79. The molecule has 0 aromatic heterocycles. The number of hydrogen-bond donors (Lipinski definition) is 2. The molecular formula is C19H34N2O3. The Balaban J connectivity index is 2.65. The highest BCUT2D eigenvalue weighted by Crippen LogP contribution is 2.23. The van der Waals surface area contributed by atoms with Gasteiger partial charge in [0.15, 0.2) is 0 Å². The summed E-state index contributed by atoms with van der Waals surface area (Å²) < 4.78 is 0. The molecule has 1 aliphatic carbocycles. The molecule has 0 spiro atoms.